The Bertz CT molecular complexity index is 392. The van der Waals surface area contributed by atoms with Crippen LogP contribution in [0, 0.1) is 6.92 Å². The summed E-state index contributed by atoms with van der Waals surface area (Å²) in [6.07, 6.45) is 3.70. The van der Waals surface area contributed by atoms with Crippen molar-refractivity contribution in [3.05, 3.63) is 29.3 Å². The molecule has 0 heterocycles. The van der Waals surface area contributed by atoms with Gasteiger partial charge in [0.1, 0.15) is 11.9 Å². The first-order valence-electron chi connectivity index (χ1n) is 6.80. The van der Waals surface area contributed by atoms with Crippen LogP contribution in [0.1, 0.15) is 36.8 Å². The molecular formula is C15H23NO2. The molecule has 1 saturated carbocycles. The number of hydrogen-bond acceptors (Lipinski definition) is 3. The number of aliphatic hydroxyl groups excluding tert-OH is 1. The Morgan fingerprint density at radius 1 is 1.33 bits per heavy atom. The van der Waals surface area contributed by atoms with Crippen LogP contribution in [0.5, 0.6) is 5.75 Å². The maximum atomic E-state index is 10.0. The highest BCUT2D eigenvalue weighted by Crippen LogP contribution is 2.29. The summed E-state index contributed by atoms with van der Waals surface area (Å²) in [5.41, 5.74) is 2.30. The van der Waals surface area contributed by atoms with Crippen molar-refractivity contribution in [2.75, 3.05) is 7.05 Å². The summed E-state index contributed by atoms with van der Waals surface area (Å²) in [6, 6.07) is 6.18. The van der Waals surface area contributed by atoms with E-state index in [0.717, 1.165) is 49.1 Å². The molecule has 2 rings (SSSR count). The first-order valence-corrected chi connectivity index (χ1v) is 6.80. The van der Waals surface area contributed by atoms with Crippen molar-refractivity contribution in [2.45, 2.75) is 51.4 Å². The predicted molar refractivity (Wildman–Crippen MR) is 72.8 cm³/mol. The first-order chi connectivity index (χ1) is 8.72. The van der Waals surface area contributed by atoms with Gasteiger partial charge in [0.15, 0.2) is 0 Å². The monoisotopic (exact) mass is 249 g/mol. The van der Waals surface area contributed by atoms with Gasteiger partial charge in [0.05, 0.1) is 6.10 Å². The molecule has 0 spiro atoms. The number of nitrogens with one attached hydrogen (secondary N) is 1. The number of rotatable bonds is 4. The molecule has 3 nitrogen and oxygen atoms in total. The summed E-state index contributed by atoms with van der Waals surface area (Å²) in [6.45, 7) is 2.85. The average molecular weight is 249 g/mol. The second-order valence-electron chi connectivity index (χ2n) is 5.10. The minimum atomic E-state index is -0.319. The highest BCUT2D eigenvalue weighted by atomic mass is 16.5. The molecule has 2 atom stereocenters. The maximum Gasteiger partial charge on any atom is 0.127 e. The third-order valence-electron chi connectivity index (χ3n) is 3.60. The lowest BCUT2D eigenvalue weighted by molar-refractivity contribution is 0.00603. The number of aliphatic hydroxyl groups is 1. The molecule has 1 aromatic rings. The third kappa shape index (κ3) is 3.03. The summed E-state index contributed by atoms with van der Waals surface area (Å²) in [7, 11) is 1.93. The predicted octanol–water partition coefficient (Wildman–Crippen LogP) is 2.40. The van der Waals surface area contributed by atoms with E-state index in [0.29, 0.717) is 0 Å². The van der Waals surface area contributed by atoms with Crippen molar-refractivity contribution in [2.24, 2.45) is 0 Å². The van der Waals surface area contributed by atoms with Crippen LogP contribution in [-0.4, -0.2) is 24.4 Å². The van der Waals surface area contributed by atoms with E-state index in [1.54, 1.807) is 0 Å². The minimum Gasteiger partial charge on any atom is -0.487 e. The van der Waals surface area contributed by atoms with E-state index in [4.69, 9.17) is 4.74 Å². The van der Waals surface area contributed by atoms with E-state index in [-0.39, 0.29) is 12.2 Å². The molecule has 0 amide bonds. The quantitative estimate of drug-likeness (QED) is 0.861. The topological polar surface area (TPSA) is 41.5 Å². The largest absolute Gasteiger partial charge is 0.487 e. The summed E-state index contributed by atoms with van der Waals surface area (Å²) in [5, 5.41) is 13.2. The number of para-hydroxylation sites is 1. The highest BCUT2D eigenvalue weighted by Gasteiger charge is 2.25. The van der Waals surface area contributed by atoms with Crippen LogP contribution in [-0.2, 0) is 6.54 Å². The Hall–Kier alpha value is -1.06. The van der Waals surface area contributed by atoms with Crippen molar-refractivity contribution >= 4 is 0 Å². The Morgan fingerprint density at radius 3 is 2.83 bits per heavy atom. The molecule has 3 heteroatoms. The fourth-order valence-corrected chi connectivity index (χ4v) is 2.58. The molecule has 0 bridgehead atoms. The van der Waals surface area contributed by atoms with Crippen molar-refractivity contribution < 1.29 is 9.84 Å². The fraction of sp³-hybridized carbons (Fsp3) is 0.600. The van der Waals surface area contributed by atoms with E-state index in [1.807, 2.05) is 13.1 Å². The lowest BCUT2D eigenvalue weighted by atomic mass is 9.94. The Balaban J connectivity index is 2.16. The van der Waals surface area contributed by atoms with Crippen molar-refractivity contribution in [3.63, 3.8) is 0 Å². The summed E-state index contributed by atoms with van der Waals surface area (Å²) in [5.74, 6) is 0.942. The maximum absolute atomic E-state index is 10.0. The molecule has 0 saturated heterocycles. The van der Waals surface area contributed by atoms with Crippen molar-refractivity contribution in [3.8, 4) is 5.75 Å². The van der Waals surface area contributed by atoms with E-state index < -0.39 is 0 Å². The van der Waals surface area contributed by atoms with Gasteiger partial charge >= 0.3 is 0 Å². The molecule has 18 heavy (non-hydrogen) atoms. The first kappa shape index (κ1) is 13.4. The zero-order valence-corrected chi connectivity index (χ0v) is 11.3. The molecule has 1 aliphatic carbocycles. The van der Waals surface area contributed by atoms with Gasteiger partial charge in [-0.15, -0.1) is 0 Å². The normalized spacial score (nSPS) is 23.9. The van der Waals surface area contributed by atoms with Gasteiger partial charge in [0.25, 0.3) is 0 Å². The number of benzene rings is 1. The second-order valence-corrected chi connectivity index (χ2v) is 5.10. The molecule has 0 aliphatic heterocycles. The second kappa shape index (κ2) is 6.21. The standard InChI is InChI=1S/C15H23NO2/c1-11-6-5-7-12(10-16-2)15(11)18-14-9-4-3-8-13(14)17/h5-7,13-14,16-17H,3-4,8-10H2,1-2H3. The number of hydrogen-bond donors (Lipinski definition) is 2. The van der Waals surface area contributed by atoms with Crippen LogP contribution in [0.25, 0.3) is 0 Å². The van der Waals surface area contributed by atoms with E-state index >= 15 is 0 Å². The van der Waals surface area contributed by atoms with Gasteiger partial charge in [-0.1, -0.05) is 24.6 Å². The molecule has 1 aliphatic rings. The van der Waals surface area contributed by atoms with Crippen LogP contribution in [0.3, 0.4) is 0 Å². The van der Waals surface area contributed by atoms with Gasteiger partial charge in [0, 0.05) is 12.1 Å². The van der Waals surface area contributed by atoms with Crippen LogP contribution in [0.4, 0.5) is 0 Å². The molecule has 2 unspecified atom stereocenters. The molecule has 0 aromatic heterocycles. The molecule has 0 radical (unpaired) electrons. The fourth-order valence-electron chi connectivity index (χ4n) is 2.58. The molecular weight excluding hydrogens is 226 g/mol. The Morgan fingerprint density at radius 2 is 2.11 bits per heavy atom. The zero-order chi connectivity index (χ0) is 13.0. The Labute approximate surface area is 109 Å². The lowest BCUT2D eigenvalue weighted by Crippen LogP contribution is -2.35. The van der Waals surface area contributed by atoms with Gasteiger partial charge in [-0.3, -0.25) is 0 Å². The zero-order valence-electron chi connectivity index (χ0n) is 11.3. The van der Waals surface area contributed by atoms with Gasteiger partial charge in [-0.05, 0) is 38.8 Å². The number of ether oxygens (including phenoxy) is 1. The van der Waals surface area contributed by atoms with Crippen molar-refractivity contribution in [1.29, 1.82) is 0 Å². The van der Waals surface area contributed by atoms with Crippen molar-refractivity contribution in [1.82, 2.24) is 5.32 Å². The molecule has 1 fully saturated rings. The number of aryl methyl sites for hydroxylation is 1. The van der Waals surface area contributed by atoms with Crippen LogP contribution >= 0.6 is 0 Å². The van der Waals surface area contributed by atoms with Crippen LogP contribution < -0.4 is 10.1 Å². The summed E-state index contributed by atoms with van der Waals surface area (Å²) in [4.78, 5) is 0. The SMILES string of the molecule is CNCc1cccc(C)c1OC1CCCCC1O. The summed E-state index contributed by atoms with van der Waals surface area (Å²) >= 11 is 0. The highest BCUT2D eigenvalue weighted by molar-refractivity contribution is 5.41. The molecule has 1 aromatic carbocycles. The van der Waals surface area contributed by atoms with E-state index in [2.05, 4.69) is 24.4 Å². The van der Waals surface area contributed by atoms with Crippen LogP contribution in [0.2, 0.25) is 0 Å². The van der Waals surface area contributed by atoms with Gasteiger partial charge < -0.3 is 15.2 Å². The molecule has 100 valence electrons. The average Bonchev–Trinajstić information content (AvgIpc) is 2.36. The van der Waals surface area contributed by atoms with Gasteiger partial charge in [0.2, 0.25) is 0 Å². The summed E-state index contributed by atoms with van der Waals surface area (Å²) < 4.78 is 6.09. The van der Waals surface area contributed by atoms with E-state index in [9.17, 15) is 5.11 Å². The van der Waals surface area contributed by atoms with Gasteiger partial charge in [-0.25, -0.2) is 0 Å². The molecule has 2 N–H and O–H groups in total. The Kier molecular flexibility index (Phi) is 4.61. The lowest BCUT2D eigenvalue weighted by Gasteiger charge is -2.29. The minimum absolute atomic E-state index is 0.0459. The van der Waals surface area contributed by atoms with Gasteiger partial charge in [-0.2, -0.15) is 0 Å². The smallest absolute Gasteiger partial charge is 0.127 e. The third-order valence-corrected chi connectivity index (χ3v) is 3.60. The van der Waals surface area contributed by atoms with E-state index in [1.165, 1.54) is 0 Å². The van der Waals surface area contributed by atoms with Crippen LogP contribution in [0.15, 0.2) is 18.2 Å².